The molecule has 148 valence electrons. The Hall–Kier alpha value is -3.87. The summed E-state index contributed by atoms with van der Waals surface area (Å²) in [4.78, 5) is 28.6. The molecule has 7 heteroatoms. The van der Waals surface area contributed by atoms with Crippen LogP contribution in [-0.4, -0.2) is 23.9 Å². The predicted octanol–water partition coefficient (Wildman–Crippen LogP) is 4.35. The van der Waals surface area contributed by atoms with Crippen molar-refractivity contribution in [2.24, 2.45) is 0 Å². The molecule has 0 spiro atoms. The molecule has 0 unspecified atom stereocenters. The number of hydrogen-bond acceptors (Lipinski definition) is 5. The highest BCUT2D eigenvalue weighted by Gasteiger charge is 2.15. The number of para-hydroxylation sites is 2. The second-order valence-electron chi connectivity index (χ2n) is 6.39. The van der Waals surface area contributed by atoms with Crippen LogP contribution in [0.25, 0.3) is 0 Å². The van der Waals surface area contributed by atoms with E-state index in [0.29, 0.717) is 34.2 Å². The maximum absolute atomic E-state index is 12.9. The Kier molecular flexibility index (Phi) is 6.09. The molecule has 0 saturated heterocycles. The third-order valence-electron chi connectivity index (χ3n) is 4.22. The van der Waals surface area contributed by atoms with Crippen LogP contribution in [0, 0.1) is 6.92 Å². The van der Waals surface area contributed by atoms with Gasteiger partial charge in [-0.1, -0.05) is 18.2 Å². The van der Waals surface area contributed by atoms with Crippen molar-refractivity contribution >= 4 is 34.7 Å². The van der Waals surface area contributed by atoms with Crippen molar-refractivity contribution in [1.29, 1.82) is 0 Å². The van der Waals surface area contributed by atoms with Crippen molar-refractivity contribution in [2.75, 3.05) is 23.1 Å². The lowest BCUT2D eigenvalue weighted by atomic mass is 10.1. The minimum atomic E-state index is -0.326. The van der Waals surface area contributed by atoms with Crippen LogP contribution in [0.5, 0.6) is 5.75 Å². The van der Waals surface area contributed by atoms with Gasteiger partial charge in [0.2, 0.25) is 5.91 Å². The van der Waals surface area contributed by atoms with Crippen molar-refractivity contribution in [3.8, 4) is 5.75 Å². The first-order chi connectivity index (χ1) is 14.0. The molecule has 7 nitrogen and oxygen atoms in total. The van der Waals surface area contributed by atoms with Crippen molar-refractivity contribution in [2.45, 2.75) is 13.8 Å². The fourth-order valence-corrected chi connectivity index (χ4v) is 2.79. The standard InChI is InChI=1S/C22H22N4O3/c1-14-10-11-16(13-19(14)24-15(2)27)25-22(28)17-7-6-12-23-21(17)26-18-8-4-5-9-20(18)29-3/h4-13H,1-3H3,(H,23,26)(H,24,27)(H,25,28). The molecular weight excluding hydrogens is 368 g/mol. The first kappa shape index (κ1) is 19.9. The van der Waals surface area contributed by atoms with E-state index >= 15 is 0 Å². The van der Waals surface area contributed by atoms with E-state index in [1.807, 2.05) is 37.3 Å². The van der Waals surface area contributed by atoms with Crippen molar-refractivity contribution < 1.29 is 14.3 Å². The lowest BCUT2D eigenvalue weighted by Gasteiger charge is -2.14. The van der Waals surface area contributed by atoms with E-state index in [9.17, 15) is 9.59 Å². The summed E-state index contributed by atoms with van der Waals surface area (Å²) < 4.78 is 5.34. The maximum atomic E-state index is 12.9. The molecule has 29 heavy (non-hydrogen) atoms. The van der Waals surface area contributed by atoms with E-state index in [-0.39, 0.29) is 11.8 Å². The van der Waals surface area contributed by atoms with Crippen LogP contribution in [0.4, 0.5) is 22.9 Å². The van der Waals surface area contributed by atoms with Gasteiger partial charge in [-0.05, 0) is 48.9 Å². The lowest BCUT2D eigenvalue weighted by molar-refractivity contribution is -0.114. The van der Waals surface area contributed by atoms with E-state index in [1.165, 1.54) is 6.92 Å². The van der Waals surface area contributed by atoms with Gasteiger partial charge >= 0.3 is 0 Å². The molecular formula is C22H22N4O3. The molecule has 0 aliphatic heterocycles. The van der Waals surface area contributed by atoms with Gasteiger partial charge in [-0.25, -0.2) is 4.98 Å². The van der Waals surface area contributed by atoms with Crippen LogP contribution < -0.4 is 20.7 Å². The zero-order valence-corrected chi connectivity index (χ0v) is 16.4. The summed E-state index contributed by atoms with van der Waals surface area (Å²) in [7, 11) is 1.58. The quantitative estimate of drug-likeness (QED) is 0.582. The maximum Gasteiger partial charge on any atom is 0.259 e. The number of methoxy groups -OCH3 is 1. The van der Waals surface area contributed by atoms with Crippen LogP contribution in [0.2, 0.25) is 0 Å². The molecule has 0 atom stereocenters. The Balaban J connectivity index is 1.85. The van der Waals surface area contributed by atoms with E-state index in [1.54, 1.807) is 37.6 Å². The summed E-state index contributed by atoms with van der Waals surface area (Å²) in [5, 5.41) is 8.76. The normalized spacial score (nSPS) is 10.2. The van der Waals surface area contributed by atoms with Crippen LogP contribution >= 0.6 is 0 Å². The number of ether oxygens (including phenoxy) is 1. The average molecular weight is 390 g/mol. The second kappa shape index (κ2) is 8.88. The molecule has 3 rings (SSSR count). The highest BCUT2D eigenvalue weighted by Crippen LogP contribution is 2.28. The molecule has 0 radical (unpaired) electrons. The van der Waals surface area contributed by atoms with Gasteiger partial charge in [-0.3, -0.25) is 9.59 Å². The number of amides is 2. The lowest BCUT2D eigenvalue weighted by Crippen LogP contribution is -2.15. The number of carbonyl (C=O) groups is 2. The van der Waals surface area contributed by atoms with Crippen molar-refractivity contribution in [1.82, 2.24) is 4.98 Å². The summed E-state index contributed by atoms with van der Waals surface area (Å²) >= 11 is 0. The summed E-state index contributed by atoms with van der Waals surface area (Å²) in [6.07, 6.45) is 1.61. The number of aromatic nitrogens is 1. The van der Waals surface area contributed by atoms with Gasteiger partial charge in [0.1, 0.15) is 11.6 Å². The van der Waals surface area contributed by atoms with Gasteiger partial charge < -0.3 is 20.7 Å². The van der Waals surface area contributed by atoms with Crippen LogP contribution in [0.1, 0.15) is 22.8 Å². The molecule has 3 aromatic rings. The van der Waals surface area contributed by atoms with Gasteiger partial charge in [-0.15, -0.1) is 0 Å². The van der Waals surface area contributed by atoms with Gasteiger partial charge in [-0.2, -0.15) is 0 Å². The Morgan fingerprint density at radius 3 is 2.52 bits per heavy atom. The van der Waals surface area contributed by atoms with Gasteiger partial charge in [0, 0.05) is 24.5 Å². The number of nitrogens with zero attached hydrogens (tertiary/aromatic N) is 1. The summed E-state index contributed by atoms with van der Waals surface area (Å²) in [5.74, 6) is 0.548. The topological polar surface area (TPSA) is 92.3 Å². The molecule has 2 aromatic carbocycles. The molecule has 0 aliphatic rings. The Labute approximate surface area is 169 Å². The molecule has 1 heterocycles. The minimum Gasteiger partial charge on any atom is -0.495 e. The number of pyridine rings is 1. The van der Waals surface area contributed by atoms with E-state index in [0.717, 1.165) is 5.56 Å². The molecule has 2 amide bonds. The number of benzene rings is 2. The summed E-state index contributed by atoms with van der Waals surface area (Å²) in [6.45, 7) is 3.32. The minimum absolute atomic E-state index is 0.174. The van der Waals surface area contributed by atoms with Crippen molar-refractivity contribution in [3.63, 3.8) is 0 Å². The first-order valence-corrected chi connectivity index (χ1v) is 9.02. The fourth-order valence-electron chi connectivity index (χ4n) is 2.79. The third-order valence-corrected chi connectivity index (χ3v) is 4.22. The number of rotatable bonds is 6. The molecule has 1 aromatic heterocycles. The molecule has 0 aliphatic carbocycles. The number of anilines is 4. The van der Waals surface area contributed by atoms with Gasteiger partial charge in [0.25, 0.3) is 5.91 Å². The highest BCUT2D eigenvalue weighted by molar-refractivity contribution is 6.08. The summed E-state index contributed by atoms with van der Waals surface area (Å²) in [6, 6.07) is 16.1. The van der Waals surface area contributed by atoms with Crippen molar-refractivity contribution in [3.05, 3.63) is 71.9 Å². The van der Waals surface area contributed by atoms with Crippen LogP contribution in [-0.2, 0) is 4.79 Å². The Morgan fingerprint density at radius 2 is 1.76 bits per heavy atom. The molecule has 0 saturated carbocycles. The fraction of sp³-hybridized carbons (Fsp3) is 0.136. The van der Waals surface area contributed by atoms with Crippen LogP contribution in [0.3, 0.4) is 0 Å². The smallest absolute Gasteiger partial charge is 0.259 e. The predicted molar refractivity (Wildman–Crippen MR) is 114 cm³/mol. The Morgan fingerprint density at radius 1 is 0.966 bits per heavy atom. The Bertz CT molecular complexity index is 1050. The van der Waals surface area contributed by atoms with Crippen LogP contribution in [0.15, 0.2) is 60.8 Å². The van der Waals surface area contributed by atoms with Gasteiger partial charge in [0.05, 0.1) is 18.4 Å². The summed E-state index contributed by atoms with van der Waals surface area (Å²) in [5.41, 5.74) is 3.19. The largest absolute Gasteiger partial charge is 0.495 e. The molecule has 0 fully saturated rings. The number of carbonyl (C=O) groups excluding carboxylic acids is 2. The first-order valence-electron chi connectivity index (χ1n) is 9.02. The molecule has 0 bridgehead atoms. The molecule has 3 N–H and O–H groups in total. The number of hydrogen-bond donors (Lipinski definition) is 3. The monoisotopic (exact) mass is 390 g/mol. The van der Waals surface area contributed by atoms with E-state index in [4.69, 9.17) is 4.74 Å². The van der Waals surface area contributed by atoms with Gasteiger partial charge in [0.15, 0.2) is 0 Å². The SMILES string of the molecule is COc1ccccc1Nc1ncccc1C(=O)Nc1ccc(C)c(NC(C)=O)c1. The van der Waals surface area contributed by atoms with E-state index < -0.39 is 0 Å². The zero-order chi connectivity index (χ0) is 20.8. The third kappa shape index (κ3) is 4.90. The van der Waals surface area contributed by atoms with E-state index in [2.05, 4.69) is 20.9 Å². The number of nitrogens with one attached hydrogen (secondary N) is 3. The number of aryl methyl sites for hydroxylation is 1. The zero-order valence-electron chi connectivity index (χ0n) is 16.4. The average Bonchev–Trinajstić information content (AvgIpc) is 2.71. The second-order valence-corrected chi connectivity index (χ2v) is 6.39. The highest BCUT2D eigenvalue weighted by atomic mass is 16.5.